The van der Waals surface area contributed by atoms with Crippen LogP contribution in [-0.2, 0) is 4.74 Å². The van der Waals surface area contributed by atoms with Gasteiger partial charge in [0.1, 0.15) is 11.4 Å². The number of nitrogens with one attached hydrogen (secondary N) is 1. The van der Waals surface area contributed by atoms with Crippen LogP contribution in [0.4, 0.5) is 0 Å². The molecule has 0 amide bonds. The fourth-order valence-electron chi connectivity index (χ4n) is 1.84. The number of nitrogens with zero attached hydrogens (tertiary/aromatic N) is 3. The minimum atomic E-state index is -0.315. The number of aromatic nitrogens is 3. The van der Waals surface area contributed by atoms with Gasteiger partial charge < -0.3 is 4.74 Å². The monoisotopic (exact) mass is 272 g/mol. The summed E-state index contributed by atoms with van der Waals surface area (Å²) in [4.78, 5) is 23.5. The molecule has 20 heavy (non-hydrogen) atoms. The van der Waals surface area contributed by atoms with Crippen LogP contribution in [0.2, 0.25) is 0 Å². The lowest BCUT2D eigenvalue weighted by molar-refractivity contribution is 0.0765. The summed E-state index contributed by atoms with van der Waals surface area (Å²) >= 11 is 0. The van der Waals surface area contributed by atoms with E-state index in [-0.39, 0.29) is 6.23 Å². The van der Waals surface area contributed by atoms with Crippen molar-refractivity contribution in [2.24, 2.45) is 0 Å². The summed E-state index contributed by atoms with van der Waals surface area (Å²) < 4.78 is 5.32. The van der Waals surface area contributed by atoms with Crippen molar-refractivity contribution in [1.82, 2.24) is 20.3 Å². The molecule has 0 radical (unpaired) electrons. The average molecular weight is 272 g/mol. The van der Waals surface area contributed by atoms with Gasteiger partial charge in [0, 0.05) is 18.9 Å². The van der Waals surface area contributed by atoms with E-state index < -0.39 is 0 Å². The van der Waals surface area contributed by atoms with Gasteiger partial charge in [-0.05, 0) is 26.1 Å². The summed E-state index contributed by atoms with van der Waals surface area (Å²) in [6, 6.07) is 3.44. The lowest BCUT2D eigenvalue weighted by atomic mass is 10.2. The molecule has 6 nitrogen and oxygen atoms in total. The van der Waals surface area contributed by atoms with E-state index >= 15 is 0 Å². The molecule has 0 aliphatic rings. The maximum absolute atomic E-state index is 10.6. The van der Waals surface area contributed by atoms with Crippen LogP contribution < -0.4 is 5.32 Å². The molecule has 2 rings (SSSR count). The predicted octanol–water partition coefficient (Wildman–Crippen LogP) is 1.52. The van der Waals surface area contributed by atoms with Crippen molar-refractivity contribution in [2.75, 3.05) is 14.2 Å². The predicted molar refractivity (Wildman–Crippen MR) is 74.2 cm³/mol. The van der Waals surface area contributed by atoms with E-state index in [0.717, 1.165) is 17.0 Å². The van der Waals surface area contributed by atoms with Crippen LogP contribution in [0.15, 0.2) is 24.5 Å². The van der Waals surface area contributed by atoms with Crippen molar-refractivity contribution in [3.05, 3.63) is 41.6 Å². The number of carbonyl (C=O) groups excluding carboxylic acids is 1. The second-order valence-electron chi connectivity index (χ2n) is 4.22. The molecular weight excluding hydrogens is 256 g/mol. The molecule has 6 heteroatoms. The van der Waals surface area contributed by atoms with Gasteiger partial charge in [-0.15, -0.1) is 0 Å². The van der Waals surface area contributed by atoms with E-state index in [1.54, 1.807) is 38.7 Å². The van der Waals surface area contributed by atoms with E-state index in [9.17, 15) is 4.79 Å². The number of methoxy groups -OCH3 is 1. The van der Waals surface area contributed by atoms with Crippen LogP contribution in [0.5, 0.6) is 0 Å². The first-order valence-electron chi connectivity index (χ1n) is 6.14. The largest absolute Gasteiger partial charge is 0.361 e. The third kappa shape index (κ3) is 2.87. The Hall–Kier alpha value is -2.18. The Balaban J connectivity index is 2.41. The molecule has 0 aromatic carbocycles. The molecule has 2 aromatic rings. The first-order chi connectivity index (χ1) is 9.69. The van der Waals surface area contributed by atoms with Crippen LogP contribution in [0.3, 0.4) is 0 Å². The Labute approximate surface area is 117 Å². The normalized spacial score (nSPS) is 12.2. The molecular formula is C14H16N4O2. The molecule has 0 aliphatic carbocycles. The van der Waals surface area contributed by atoms with Gasteiger partial charge in [0.15, 0.2) is 12.5 Å². The van der Waals surface area contributed by atoms with Gasteiger partial charge in [0.05, 0.1) is 17.6 Å². The fraction of sp³-hybridized carbons (Fsp3) is 0.286. The highest BCUT2D eigenvalue weighted by molar-refractivity contribution is 5.72. The summed E-state index contributed by atoms with van der Waals surface area (Å²) in [5, 5.41) is 3.02. The lowest BCUT2D eigenvalue weighted by Crippen LogP contribution is -2.21. The van der Waals surface area contributed by atoms with Crippen LogP contribution in [0, 0.1) is 6.92 Å². The van der Waals surface area contributed by atoms with Crippen molar-refractivity contribution in [3.63, 3.8) is 0 Å². The minimum Gasteiger partial charge on any atom is -0.361 e. The van der Waals surface area contributed by atoms with Gasteiger partial charge in [0.25, 0.3) is 0 Å². The highest BCUT2D eigenvalue weighted by Gasteiger charge is 2.15. The van der Waals surface area contributed by atoms with Gasteiger partial charge in [0.2, 0.25) is 0 Å². The number of carbonyl (C=O) groups is 1. The molecule has 104 valence electrons. The van der Waals surface area contributed by atoms with E-state index in [4.69, 9.17) is 4.74 Å². The van der Waals surface area contributed by atoms with Gasteiger partial charge in [-0.25, -0.2) is 4.98 Å². The van der Waals surface area contributed by atoms with Crippen LogP contribution >= 0.6 is 0 Å². The summed E-state index contributed by atoms with van der Waals surface area (Å²) in [6.07, 6.45) is 3.68. The first kappa shape index (κ1) is 14.2. The van der Waals surface area contributed by atoms with Crippen molar-refractivity contribution in [3.8, 4) is 11.3 Å². The second kappa shape index (κ2) is 6.31. The minimum absolute atomic E-state index is 0.315. The molecule has 1 atom stereocenters. The molecule has 0 spiro atoms. The number of aryl methyl sites for hydroxylation is 1. The number of aldehydes is 1. The van der Waals surface area contributed by atoms with E-state index in [2.05, 4.69) is 20.3 Å². The summed E-state index contributed by atoms with van der Waals surface area (Å²) in [5.41, 5.74) is 3.40. The number of ether oxygens (including phenoxy) is 1. The topological polar surface area (TPSA) is 77.0 Å². The quantitative estimate of drug-likeness (QED) is 0.657. The highest BCUT2D eigenvalue weighted by Crippen LogP contribution is 2.20. The Morgan fingerprint density at radius 2 is 2.10 bits per heavy atom. The van der Waals surface area contributed by atoms with Gasteiger partial charge in [-0.2, -0.15) is 0 Å². The molecule has 1 unspecified atom stereocenters. The molecule has 2 heterocycles. The van der Waals surface area contributed by atoms with Crippen LogP contribution in [0.1, 0.15) is 28.1 Å². The maximum Gasteiger partial charge on any atom is 0.168 e. The summed E-state index contributed by atoms with van der Waals surface area (Å²) in [6.45, 7) is 1.88. The zero-order valence-electron chi connectivity index (χ0n) is 11.6. The smallest absolute Gasteiger partial charge is 0.168 e. The van der Waals surface area contributed by atoms with Gasteiger partial charge in [-0.1, -0.05) is 0 Å². The van der Waals surface area contributed by atoms with Gasteiger partial charge >= 0.3 is 0 Å². The third-order valence-corrected chi connectivity index (χ3v) is 2.94. The highest BCUT2D eigenvalue weighted by atomic mass is 16.5. The molecule has 2 aromatic heterocycles. The third-order valence-electron chi connectivity index (χ3n) is 2.94. The molecule has 0 fully saturated rings. The summed E-state index contributed by atoms with van der Waals surface area (Å²) in [5.74, 6) is 0. The second-order valence-corrected chi connectivity index (χ2v) is 4.22. The Morgan fingerprint density at radius 3 is 2.65 bits per heavy atom. The van der Waals surface area contributed by atoms with Crippen LogP contribution in [-0.4, -0.2) is 35.4 Å². The van der Waals surface area contributed by atoms with Crippen molar-refractivity contribution >= 4 is 6.29 Å². The zero-order valence-corrected chi connectivity index (χ0v) is 11.6. The maximum atomic E-state index is 10.6. The van der Waals surface area contributed by atoms with Crippen LogP contribution in [0.25, 0.3) is 11.3 Å². The average Bonchev–Trinajstić information content (AvgIpc) is 2.50. The number of hydrogen-bond donors (Lipinski definition) is 1. The molecule has 1 N–H and O–H groups in total. The first-order valence-corrected chi connectivity index (χ1v) is 6.14. The molecule has 0 bridgehead atoms. The van der Waals surface area contributed by atoms with E-state index in [1.165, 1.54) is 0 Å². The zero-order chi connectivity index (χ0) is 14.5. The van der Waals surface area contributed by atoms with Gasteiger partial charge in [-0.3, -0.25) is 20.1 Å². The molecule has 0 saturated carbocycles. The molecule has 0 aliphatic heterocycles. The SMILES string of the molecule is CNC(OC)c1nc(-c2ccc(C=O)nc2)cnc1C. The standard InChI is InChI=1S/C14H16N4O2/c1-9-13(14(15-2)20-3)18-12(7-16-9)10-4-5-11(8-19)17-6-10/h4-8,14-15H,1-3H3. The van der Waals surface area contributed by atoms with Crippen molar-refractivity contribution < 1.29 is 9.53 Å². The molecule has 0 saturated heterocycles. The Bertz CT molecular complexity index is 595. The Morgan fingerprint density at radius 1 is 1.30 bits per heavy atom. The van der Waals surface area contributed by atoms with Crippen molar-refractivity contribution in [2.45, 2.75) is 13.2 Å². The van der Waals surface area contributed by atoms with E-state index in [1.807, 2.05) is 6.92 Å². The summed E-state index contributed by atoms with van der Waals surface area (Å²) in [7, 11) is 3.40. The number of pyridine rings is 1. The fourth-order valence-corrected chi connectivity index (χ4v) is 1.84. The Kier molecular flexibility index (Phi) is 4.49. The number of rotatable bonds is 5. The van der Waals surface area contributed by atoms with E-state index in [0.29, 0.717) is 17.7 Å². The number of hydrogen-bond acceptors (Lipinski definition) is 6. The lowest BCUT2D eigenvalue weighted by Gasteiger charge is -2.16. The van der Waals surface area contributed by atoms with Crippen molar-refractivity contribution in [1.29, 1.82) is 0 Å².